The second-order valence-corrected chi connectivity index (χ2v) is 6.34. The second kappa shape index (κ2) is 4.33. The fourth-order valence-electron chi connectivity index (χ4n) is 2.56. The summed E-state index contributed by atoms with van der Waals surface area (Å²) in [5.41, 5.74) is 4.43. The van der Waals surface area contributed by atoms with Crippen LogP contribution >= 0.6 is 22.9 Å². The van der Waals surface area contributed by atoms with Crippen molar-refractivity contribution in [3.8, 4) is 27.6 Å². The van der Waals surface area contributed by atoms with Crippen LogP contribution in [0, 0.1) is 0 Å². The topological polar surface area (TPSA) is 33.1 Å². The van der Waals surface area contributed by atoms with Crippen LogP contribution in [0.5, 0.6) is 5.75 Å². The molecule has 20 heavy (non-hydrogen) atoms. The van der Waals surface area contributed by atoms with Gasteiger partial charge in [-0.3, -0.25) is 0 Å². The molecule has 0 saturated heterocycles. The van der Waals surface area contributed by atoms with Crippen LogP contribution in [0.1, 0.15) is 10.4 Å². The standard InChI is InChI=1S/C16H10ClNOS/c17-11-4-5-13-10(6-11)8-14-15(13)18-16(20-14)9-2-1-3-12(19)7-9/h1-7,19H,8H2. The van der Waals surface area contributed by atoms with E-state index in [0.29, 0.717) is 0 Å². The molecule has 0 atom stereocenters. The maximum atomic E-state index is 9.57. The van der Waals surface area contributed by atoms with Crippen LogP contribution in [0.15, 0.2) is 42.5 Å². The SMILES string of the molecule is Oc1cccc(-c2nc3c(s2)Cc2cc(Cl)ccc2-3)c1. The second-order valence-electron chi connectivity index (χ2n) is 4.82. The molecule has 0 saturated carbocycles. The van der Waals surface area contributed by atoms with Gasteiger partial charge in [-0.1, -0.05) is 29.8 Å². The summed E-state index contributed by atoms with van der Waals surface area (Å²) < 4.78 is 0. The molecule has 0 amide bonds. The van der Waals surface area contributed by atoms with E-state index >= 15 is 0 Å². The van der Waals surface area contributed by atoms with Gasteiger partial charge in [0.05, 0.1) is 5.69 Å². The molecule has 0 unspecified atom stereocenters. The Morgan fingerprint density at radius 3 is 2.90 bits per heavy atom. The molecule has 0 spiro atoms. The van der Waals surface area contributed by atoms with Gasteiger partial charge in [0.2, 0.25) is 0 Å². The first kappa shape index (κ1) is 11.9. The molecular weight excluding hydrogens is 290 g/mol. The van der Waals surface area contributed by atoms with Crippen molar-refractivity contribution in [3.05, 3.63) is 57.9 Å². The van der Waals surface area contributed by atoms with Gasteiger partial charge in [0.25, 0.3) is 0 Å². The first-order chi connectivity index (χ1) is 9.70. The van der Waals surface area contributed by atoms with Gasteiger partial charge in [0, 0.05) is 27.4 Å². The first-order valence-corrected chi connectivity index (χ1v) is 7.48. The Balaban J connectivity index is 1.83. The summed E-state index contributed by atoms with van der Waals surface area (Å²) >= 11 is 7.71. The third kappa shape index (κ3) is 1.82. The van der Waals surface area contributed by atoms with Gasteiger partial charge in [-0.2, -0.15) is 0 Å². The zero-order valence-corrected chi connectivity index (χ0v) is 12.0. The number of rotatable bonds is 1. The summed E-state index contributed by atoms with van der Waals surface area (Å²) in [4.78, 5) is 6.00. The largest absolute Gasteiger partial charge is 0.508 e. The van der Waals surface area contributed by atoms with Crippen LogP contribution in [0.4, 0.5) is 0 Å². The van der Waals surface area contributed by atoms with Crippen molar-refractivity contribution in [2.24, 2.45) is 0 Å². The van der Waals surface area contributed by atoms with E-state index in [1.165, 1.54) is 16.0 Å². The Bertz CT molecular complexity index is 825. The van der Waals surface area contributed by atoms with Gasteiger partial charge in [-0.25, -0.2) is 4.98 Å². The number of fused-ring (bicyclic) bond motifs is 3. The molecule has 1 aliphatic carbocycles. The van der Waals surface area contributed by atoms with Crippen molar-refractivity contribution < 1.29 is 5.11 Å². The Morgan fingerprint density at radius 1 is 1.15 bits per heavy atom. The van der Waals surface area contributed by atoms with E-state index in [0.717, 1.165) is 27.7 Å². The van der Waals surface area contributed by atoms with Gasteiger partial charge >= 0.3 is 0 Å². The minimum atomic E-state index is 0.269. The number of nitrogens with zero attached hydrogens (tertiary/aromatic N) is 1. The van der Waals surface area contributed by atoms with Gasteiger partial charge in [0.15, 0.2) is 0 Å². The number of phenols is 1. The molecule has 3 aromatic rings. The summed E-state index contributed by atoms with van der Waals surface area (Å²) in [6.07, 6.45) is 0.891. The van der Waals surface area contributed by atoms with E-state index in [2.05, 4.69) is 0 Å². The Hall–Kier alpha value is -1.84. The average Bonchev–Trinajstić information content (AvgIpc) is 2.95. The minimum absolute atomic E-state index is 0.269. The highest BCUT2D eigenvalue weighted by Gasteiger charge is 2.23. The van der Waals surface area contributed by atoms with Crippen LogP contribution in [0.3, 0.4) is 0 Å². The number of benzene rings is 2. The zero-order valence-electron chi connectivity index (χ0n) is 10.4. The molecular formula is C16H10ClNOS. The first-order valence-electron chi connectivity index (χ1n) is 6.28. The lowest BCUT2D eigenvalue weighted by Crippen LogP contribution is -1.82. The van der Waals surface area contributed by atoms with Crippen LogP contribution < -0.4 is 0 Å². The summed E-state index contributed by atoms with van der Waals surface area (Å²) in [5, 5.41) is 11.3. The zero-order chi connectivity index (χ0) is 13.7. The van der Waals surface area contributed by atoms with Crippen LogP contribution in [0.25, 0.3) is 21.8 Å². The summed E-state index contributed by atoms with van der Waals surface area (Å²) in [5.74, 6) is 0.269. The predicted octanol–water partition coefficient (Wildman–Crippen LogP) is 4.74. The molecule has 2 nitrogen and oxygen atoms in total. The molecule has 98 valence electrons. The Morgan fingerprint density at radius 2 is 2.05 bits per heavy atom. The molecule has 1 aromatic heterocycles. The number of hydrogen-bond donors (Lipinski definition) is 1. The monoisotopic (exact) mass is 299 g/mol. The lowest BCUT2D eigenvalue weighted by Gasteiger charge is -2.00. The van der Waals surface area contributed by atoms with Crippen molar-refractivity contribution in [3.63, 3.8) is 0 Å². The Kier molecular flexibility index (Phi) is 2.59. The molecule has 0 aliphatic heterocycles. The average molecular weight is 300 g/mol. The van der Waals surface area contributed by atoms with E-state index in [4.69, 9.17) is 16.6 Å². The van der Waals surface area contributed by atoms with Crippen molar-refractivity contribution in [2.45, 2.75) is 6.42 Å². The number of aromatic hydroxyl groups is 1. The van der Waals surface area contributed by atoms with E-state index < -0.39 is 0 Å². The number of halogens is 1. The van der Waals surface area contributed by atoms with E-state index in [-0.39, 0.29) is 5.75 Å². The van der Waals surface area contributed by atoms with E-state index in [1.807, 2.05) is 30.3 Å². The van der Waals surface area contributed by atoms with Crippen molar-refractivity contribution in [2.75, 3.05) is 0 Å². The predicted molar refractivity (Wildman–Crippen MR) is 82.5 cm³/mol. The fourth-order valence-corrected chi connectivity index (χ4v) is 3.85. The molecule has 1 heterocycles. The smallest absolute Gasteiger partial charge is 0.124 e. The molecule has 0 radical (unpaired) electrons. The molecule has 0 fully saturated rings. The fraction of sp³-hybridized carbons (Fsp3) is 0.0625. The van der Waals surface area contributed by atoms with Crippen molar-refractivity contribution in [1.82, 2.24) is 4.98 Å². The molecule has 1 aliphatic rings. The molecule has 4 rings (SSSR count). The van der Waals surface area contributed by atoms with E-state index in [1.54, 1.807) is 23.5 Å². The third-order valence-electron chi connectivity index (χ3n) is 3.46. The maximum Gasteiger partial charge on any atom is 0.124 e. The van der Waals surface area contributed by atoms with Crippen LogP contribution in [-0.2, 0) is 6.42 Å². The highest BCUT2D eigenvalue weighted by Crippen LogP contribution is 2.43. The maximum absolute atomic E-state index is 9.57. The highest BCUT2D eigenvalue weighted by atomic mass is 35.5. The molecule has 4 heteroatoms. The van der Waals surface area contributed by atoms with Crippen molar-refractivity contribution >= 4 is 22.9 Å². The van der Waals surface area contributed by atoms with Crippen molar-refractivity contribution in [1.29, 1.82) is 0 Å². The molecule has 0 bridgehead atoms. The molecule has 2 aromatic carbocycles. The van der Waals surface area contributed by atoms with Gasteiger partial charge in [0.1, 0.15) is 10.8 Å². The van der Waals surface area contributed by atoms with Gasteiger partial charge in [-0.15, -0.1) is 11.3 Å². The summed E-state index contributed by atoms with van der Waals surface area (Å²) in [6, 6.07) is 13.2. The van der Waals surface area contributed by atoms with E-state index in [9.17, 15) is 5.11 Å². The number of phenolic OH excluding ortho intramolecular Hbond substituents is 1. The normalized spacial score (nSPS) is 12.2. The number of aromatic nitrogens is 1. The number of hydrogen-bond acceptors (Lipinski definition) is 3. The van der Waals surface area contributed by atoms with Gasteiger partial charge < -0.3 is 5.11 Å². The summed E-state index contributed by atoms with van der Waals surface area (Å²) in [7, 11) is 0. The van der Waals surface area contributed by atoms with Gasteiger partial charge in [-0.05, 0) is 29.8 Å². The summed E-state index contributed by atoms with van der Waals surface area (Å²) in [6.45, 7) is 0. The third-order valence-corrected chi connectivity index (χ3v) is 4.80. The highest BCUT2D eigenvalue weighted by molar-refractivity contribution is 7.15. The lowest BCUT2D eigenvalue weighted by molar-refractivity contribution is 0.475. The number of thiazole rings is 1. The Labute approximate surface area is 125 Å². The van der Waals surface area contributed by atoms with Crippen LogP contribution in [0.2, 0.25) is 5.02 Å². The molecule has 1 N–H and O–H groups in total. The van der Waals surface area contributed by atoms with Crippen LogP contribution in [-0.4, -0.2) is 10.1 Å². The minimum Gasteiger partial charge on any atom is -0.508 e. The lowest BCUT2D eigenvalue weighted by atomic mass is 10.1. The quantitative estimate of drug-likeness (QED) is 0.550.